The molecule has 0 amide bonds. The number of ether oxygens (including phenoxy) is 1. The minimum atomic E-state index is -3.65. The second-order valence-corrected chi connectivity index (χ2v) is 9.13. The van der Waals surface area contributed by atoms with E-state index in [9.17, 15) is 8.42 Å². The van der Waals surface area contributed by atoms with Crippen LogP contribution in [0.2, 0.25) is 0 Å². The van der Waals surface area contributed by atoms with Crippen LogP contribution < -0.4 is 14.8 Å². The first-order valence-corrected chi connectivity index (χ1v) is 10.2. The van der Waals surface area contributed by atoms with Crippen LogP contribution >= 0.6 is 0 Å². The molecule has 0 aliphatic heterocycles. The van der Waals surface area contributed by atoms with E-state index in [4.69, 9.17) is 9.88 Å². The molecule has 2 aromatic carbocycles. The van der Waals surface area contributed by atoms with Gasteiger partial charge in [-0.25, -0.2) is 13.6 Å². The third-order valence-corrected chi connectivity index (χ3v) is 6.51. The van der Waals surface area contributed by atoms with Gasteiger partial charge in [-0.2, -0.15) is 0 Å². The molecule has 6 heteroatoms. The third kappa shape index (κ3) is 3.44. The van der Waals surface area contributed by atoms with E-state index in [0.717, 1.165) is 23.5 Å². The second kappa shape index (κ2) is 6.59. The van der Waals surface area contributed by atoms with Crippen molar-refractivity contribution in [3.63, 3.8) is 0 Å². The molecule has 1 saturated carbocycles. The summed E-state index contributed by atoms with van der Waals surface area (Å²) in [6.07, 6.45) is 0. The van der Waals surface area contributed by atoms with Crippen LogP contribution in [0.3, 0.4) is 0 Å². The number of nitrogens with two attached hydrogens (primary N) is 1. The summed E-state index contributed by atoms with van der Waals surface area (Å²) in [5.41, 5.74) is 2.38. The van der Waals surface area contributed by atoms with Gasteiger partial charge < -0.3 is 9.64 Å². The maximum absolute atomic E-state index is 11.4. The van der Waals surface area contributed by atoms with Gasteiger partial charge in [0.2, 0.25) is 10.0 Å². The third-order valence-electron chi connectivity index (χ3n) is 5.59. The van der Waals surface area contributed by atoms with Crippen molar-refractivity contribution in [3.8, 4) is 5.75 Å². The number of para-hydroxylation sites is 2. The van der Waals surface area contributed by atoms with Gasteiger partial charge in [-0.05, 0) is 47.1 Å². The lowest BCUT2D eigenvalue weighted by atomic mass is 10.0. The van der Waals surface area contributed by atoms with Crippen LogP contribution in [0.25, 0.3) is 0 Å². The summed E-state index contributed by atoms with van der Waals surface area (Å²) in [5.74, 6) is 1.72. The fourth-order valence-corrected chi connectivity index (χ4v) is 4.47. The number of benzene rings is 2. The zero-order valence-corrected chi connectivity index (χ0v) is 16.5. The summed E-state index contributed by atoms with van der Waals surface area (Å²) in [7, 11) is 0.109. The predicted octanol–water partition coefficient (Wildman–Crippen LogP) is 3.22. The van der Waals surface area contributed by atoms with E-state index in [1.807, 2.05) is 30.3 Å². The second-order valence-electron chi connectivity index (χ2n) is 7.57. The van der Waals surface area contributed by atoms with E-state index in [1.54, 1.807) is 19.2 Å². The highest BCUT2D eigenvalue weighted by Gasteiger charge is 2.58. The lowest BCUT2D eigenvalue weighted by molar-refractivity contribution is 0.414. The van der Waals surface area contributed by atoms with Gasteiger partial charge in [0.15, 0.2) is 0 Å². The molecule has 2 unspecified atom stereocenters. The SMILES string of the molecule is COc1ccccc1N(C)CC1C(c2ccc(S(N)(=O)=O)cc2)C1(C)C. The van der Waals surface area contributed by atoms with Crippen molar-refractivity contribution in [2.24, 2.45) is 16.5 Å². The Hall–Kier alpha value is -2.05. The fourth-order valence-electron chi connectivity index (χ4n) is 3.95. The highest BCUT2D eigenvalue weighted by atomic mass is 32.2. The molecule has 2 N–H and O–H groups in total. The summed E-state index contributed by atoms with van der Waals surface area (Å²) in [6, 6.07) is 15.0. The van der Waals surface area contributed by atoms with Gasteiger partial charge in [-0.1, -0.05) is 38.1 Å². The standard InChI is InChI=1S/C20H26N2O3S/c1-20(2)16(13-22(3)17-7-5-6-8-18(17)25-4)19(20)14-9-11-15(12-10-14)26(21,23)24/h5-12,16,19H,13H2,1-4H3,(H2,21,23,24). The van der Waals surface area contributed by atoms with Crippen LogP contribution in [-0.4, -0.2) is 29.1 Å². The van der Waals surface area contributed by atoms with Crippen LogP contribution in [0.5, 0.6) is 5.75 Å². The topological polar surface area (TPSA) is 72.6 Å². The van der Waals surface area contributed by atoms with Gasteiger partial charge >= 0.3 is 0 Å². The first-order valence-electron chi connectivity index (χ1n) is 8.63. The maximum atomic E-state index is 11.4. The largest absolute Gasteiger partial charge is 0.495 e. The summed E-state index contributed by atoms with van der Waals surface area (Å²) in [6.45, 7) is 5.41. The first-order chi connectivity index (χ1) is 12.2. The molecule has 2 aromatic rings. The molecule has 0 radical (unpaired) electrons. The van der Waals surface area contributed by atoms with Gasteiger partial charge in [0.1, 0.15) is 5.75 Å². The van der Waals surface area contributed by atoms with Crippen molar-refractivity contribution < 1.29 is 13.2 Å². The Kier molecular flexibility index (Phi) is 4.75. The highest BCUT2D eigenvalue weighted by Crippen LogP contribution is 2.64. The Morgan fingerprint density at radius 3 is 2.31 bits per heavy atom. The van der Waals surface area contributed by atoms with E-state index >= 15 is 0 Å². The molecular formula is C20H26N2O3S. The summed E-state index contributed by atoms with van der Waals surface area (Å²) in [5, 5.41) is 5.19. The quantitative estimate of drug-likeness (QED) is 0.843. The summed E-state index contributed by atoms with van der Waals surface area (Å²) in [4.78, 5) is 2.38. The molecule has 5 nitrogen and oxygen atoms in total. The molecule has 26 heavy (non-hydrogen) atoms. The van der Waals surface area contributed by atoms with Crippen LogP contribution in [0.4, 0.5) is 5.69 Å². The molecule has 140 valence electrons. The molecule has 0 spiro atoms. The predicted molar refractivity (Wildman–Crippen MR) is 104 cm³/mol. The lowest BCUT2D eigenvalue weighted by Gasteiger charge is -2.22. The van der Waals surface area contributed by atoms with Gasteiger partial charge in [0.05, 0.1) is 17.7 Å². The zero-order chi connectivity index (χ0) is 19.1. The highest BCUT2D eigenvalue weighted by molar-refractivity contribution is 7.89. The van der Waals surface area contributed by atoms with E-state index in [1.165, 1.54) is 0 Å². The lowest BCUT2D eigenvalue weighted by Crippen LogP contribution is -2.22. The maximum Gasteiger partial charge on any atom is 0.238 e. The minimum Gasteiger partial charge on any atom is -0.495 e. The average Bonchev–Trinajstić information content (AvgIpc) is 3.14. The Morgan fingerprint density at radius 1 is 1.12 bits per heavy atom. The van der Waals surface area contributed by atoms with E-state index in [0.29, 0.717) is 11.8 Å². The normalized spacial score (nSPS) is 21.3. The monoisotopic (exact) mass is 374 g/mol. The molecule has 0 saturated heterocycles. The Morgan fingerprint density at radius 2 is 1.73 bits per heavy atom. The molecule has 0 heterocycles. The van der Waals surface area contributed by atoms with Crippen molar-refractivity contribution in [1.29, 1.82) is 0 Å². The summed E-state index contributed by atoms with van der Waals surface area (Å²) >= 11 is 0. The van der Waals surface area contributed by atoms with Crippen molar-refractivity contribution in [3.05, 3.63) is 54.1 Å². The fraction of sp³-hybridized carbons (Fsp3) is 0.400. The van der Waals surface area contributed by atoms with E-state index < -0.39 is 10.0 Å². The first kappa shape index (κ1) is 18.7. The Balaban J connectivity index is 1.77. The number of hydrogen-bond acceptors (Lipinski definition) is 4. The molecule has 0 aromatic heterocycles. The zero-order valence-electron chi connectivity index (χ0n) is 15.6. The van der Waals surface area contributed by atoms with Crippen LogP contribution in [-0.2, 0) is 10.0 Å². The van der Waals surface area contributed by atoms with Crippen molar-refractivity contribution >= 4 is 15.7 Å². The number of nitrogens with zero attached hydrogens (tertiary/aromatic N) is 1. The van der Waals surface area contributed by atoms with E-state index in [2.05, 4.69) is 31.9 Å². The van der Waals surface area contributed by atoms with E-state index in [-0.39, 0.29) is 10.3 Å². The van der Waals surface area contributed by atoms with Crippen LogP contribution in [0.1, 0.15) is 25.3 Å². The van der Waals surface area contributed by atoms with Crippen LogP contribution in [0.15, 0.2) is 53.4 Å². The van der Waals surface area contributed by atoms with Crippen molar-refractivity contribution in [1.82, 2.24) is 0 Å². The van der Waals surface area contributed by atoms with Crippen LogP contribution in [0, 0.1) is 11.3 Å². The van der Waals surface area contributed by atoms with Gasteiger partial charge in [-0.15, -0.1) is 0 Å². The number of rotatable bonds is 6. The molecule has 1 aliphatic carbocycles. The minimum absolute atomic E-state index is 0.152. The smallest absolute Gasteiger partial charge is 0.238 e. The Labute approximate surface area is 155 Å². The number of sulfonamides is 1. The Bertz CT molecular complexity index is 892. The number of primary sulfonamides is 1. The van der Waals surface area contributed by atoms with Gasteiger partial charge in [0.25, 0.3) is 0 Å². The summed E-state index contributed by atoms with van der Waals surface area (Å²) < 4.78 is 28.4. The van der Waals surface area contributed by atoms with Gasteiger partial charge in [0, 0.05) is 13.6 Å². The molecule has 3 rings (SSSR count). The number of anilines is 1. The van der Waals surface area contributed by atoms with Crippen molar-refractivity contribution in [2.45, 2.75) is 24.7 Å². The average molecular weight is 375 g/mol. The van der Waals surface area contributed by atoms with Crippen molar-refractivity contribution in [2.75, 3.05) is 25.6 Å². The molecular weight excluding hydrogens is 348 g/mol. The molecule has 1 fully saturated rings. The molecule has 1 aliphatic rings. The number of methoxy groups -OCH3 is 1. The van der Waals surface area contributed by atoms with Gasteiger partial charge in [-0.3, -0.25) is 0 Å². The number of hydrogen-bond donors (Lipinski definition) is 1. The molecule has 2 atom stereocenters. The molecule has 0 bridgehead atoms.